The fourth-order valence-corrected chi connectivity index (χ4v) is 3.30. The van der Waals surface area contributed by atoms with Gasteiger partial charge in [0.25, 0.3) is 0 Å². The van der Waals surface area contributed by atoms with Crippen molar-refractivity contribution in [3.63, 3.8) is 0 Å². The molecule has 1 aliphatic heterocycles. The zero-order valence-electron chi connectivity index (χ0n) is 11.6. The summed E-state index contributed by atoms with van der Waals surface area (Å²) in [5.74, 6) is 0.275. The molecule has 0 aromatic carbocycles. The SMILES string of the molecule is CC(C)NCC(O)CC1CCCN(S(C)(=O)=O)C1. The van der Waals surface area contributed by atoms with E-state index in [1.807, 2.05) is 13.8 Å². The second-order valence-electron chi connectivity index (χ2n) is 5.58. The van der Waals surface area contributed by atoms with Crippen LogP contribution < -0.4 is 5.32 Å². The van der Waals surface area contributed by atoms with E-state index in [-0.39, 0.29) is 5.92 Å². The van der Waals surface area contributed by atoms with Crippen molar-refractivity contribution in [1.82, 2.24) is 9.62 Å². The fourth-order valence-electron chi connectivity index (χ4n) is 2.36. The van der Waals surface area contributed by atoms with Gasteiger partial charge in [0.1, 0.15) is 0 Å². The lowest BCUT2D eigenvalue weighted by Gasteiger charge is -2.32. The van der Waals surface area contributed by atoms with Crippen LogP contribution in [0, 0.1) is 5.92 Å². The lowest BCUT2D eigenvalue weighted by atomic mass is 9.93. The first-order chi connectivity index (χ1) is 8.29. The average molecular weight is 278 g/mol. The van der Waals surface area contributed by atoms with E-state index in [4.69, 9.17) is 0 Å². The van der Waals surface area contributed by atoms with Gasteiger partial charge in [-0.3, -0.25) is 0 Å². The highest BCUT2D eigenvalue weighted by atomic mass is 32.2. The highest BCUT2D eigenvalue weighted by Gasteiger charge is 2.27. The number of nitrogens with zero attached hydrogens (tertiary/aromatic N) is 1. The third-order valence-corrected chi connectivity index (χ3v) is 4.59. The van der Waals surface area contributed by atoms with E-state index < -0.39 is 16.1 Å². The lowest BCUT2D eigenvalue weighted by Crippen LogP contribution is -2.41. The summed E-state index contributed by atoms with van der Waals surface area (Å²) in [5, 5.41) is 13.1. The Kier molecular flexibility index (Phi) is 6.04. The molecule has 0 aliphatic carbocycles. The van der Waals surface area contributed by atoms with Gasteiger partial charge in [0, 0.05) is 25.7 Å². The number of hydrogen-bond acceptors (Lipinski definition) is 4. The van der Waals surface area contributed by atoms with Crippen LogP contribution in [0.3, 0.4) is 0 Å². The molecule has 0 bridgehead atoms. The van der Waals surface area contributed by atoms with E-state index in [1.54, 1.807) is 0 Å². The average Bonchev–Trinajstić information content (AvgIpc) is 2.25. The van der Waals surface area contributed by atoms with Crippen LogP contribution in [-0.4, -0.2) is 55.9 Å². The first-order valence-electron chi connectivity index (χ1n) is 6.65. The van der Waals surface area contributed by atoms with Gasteiger partial charge in [-0.1, -0.05) is 13.8 Å². The normalized spacial score (nSPS) is 24.4. The fraction of sp³-hybridized carbons (Fsp3) is 1.00. The van der Waals surface area contributed by atoms with Gasteiger partial charge in [-0.15, -0.1) is 0 Å². The molecule has 2 N–H and O–H groups in total. The molecule has 2 unspecified atom stereocenters. The van der Waals surface area contributed by atoms with Gasteiger partial charge in [-0.05, 0) is 25.2 Å². The van der Waals surface area contributed by atoms with Crippen LogP contribution in [0.25, 0.3) is 0 Å². The third kappa shape index (κ3) is 5.65. The Labute approximate surface area is 111 Å². The van der Waals surface area contributed by atoms with Gasteiger partial charge in [0.2, 0.25) is 10.0 Å². The van der Waals surface area contributed by atoms with Crippen molar-refractivity contribution in [3.8, 4) is 0 Å². The molecule has 1 saturated heterocycles. The molecular formula is C12H26N2O3S. The molecule has 6 heteroatoms. The summed E-state index contributed by atoms with van der Waals surface area (Å²) in [6.45, 7) is 5.83. The Morgan fingerprint density at radius 2 is 2.11 bits per heavy atom. The zero-order valence-corrected chi connectivity index (χ0v) is 12.4. The second kappa shape index (κ2) is 6.84. The Hall–Kier alpha value is -0.170. The second-order valence-corrected chi connectivity index (χ2v) is 7.56. The van der Waals surface area contributed by atoms with Crippen LogP contribution in [0.15, 0.2) is 0 Å². The van der Waals surface area contributed by atoms with Crippen LogP contribution in [0.2, 0.25) is 0 Å². The summed E-state index contributed by atoms with van der Waals surface area (Å²) in [5.41, 5.74) is 0. The maximum absolute atomic E-state index is 11.5. The summed E-state index contributed by atoms with van der Waals surface area (Å²) < 4.78 is 24.5. The van der Waals surface area contributed by atoms with E-state index in [0.717, 1.165) is 12.8 Å². The van der Waals surface area contributed by atoms with E-state index >= 15 is 0 Å². The highest BCUT2D eigenvalue weighted by Crippen LogP contribution is 2.22. The van der Waals surface area contributed by atoms with Crippen LogP contribution >= 0.6 is 0 Å². The number of piperidine rings is 1. The smallest absolute Gasteiger partial charge is 0.211 e. The van der Waals surface area contributed by atoms with Gasteiger partial charge in [0.05, 0.1) is 12.4 Å². The van der Waals surface area contributed by atoms with E-state index in [0.29, 0.717) is 32.1 Å². The molecule has 0 amide bonds. The minimum atomic E-state index is -3.08. The van der Waals surface area contributed by atoms with Crippen molar-refractivity contribution in [2.75, 3.05) is 25.9 Å². The highest BCUT2D eigenvalue weighted by molar-refractivity contribution is 7.88. The lowest BCUT2D eigenvalue weighted by molar-refractivity contribution is 0.118. The minimum absolute atomic E-state index is 0.275. The minimum Gasteiger partial charge on any atom is -0.392 e. The zero-order chi connectivity index (χ0) is 13.8. The van der Waals surface area contributed by atoms with Crippen molar-refractivity contribution in [2.24, 2.45) is 5.92 Å². The predicted octanol–water partition coefficient (Wildman–Crippen LogP) is 0.407. The third-order valence-electron chi connectivity index (χ3n) is 3.32. The van der Waals surface area contributed by atoms with Gasteiger partial charge >= 0.3 is 0 Å². The molecule has 18 heavy (non-hydrogen) atoms. The molecule has 0 spiro atoms. The molecule has 1 aliphatic rings. The van der Waals surface area contributed by atoms with Crippen molar-refractivity contribution in [2.45, 2.75) is 45.3 Å². The van der Waals surface area contributed by atoms with Gasteiger partial charge in [-0.2, -0.15) is 0 Å². The Bertz CT molecular complexity index is 343. The Morgan fingerprint density at radius 3 is 2.67 bits per heavy atom. The largest absolute Gasteiger partial charge is 0.392 e. The number of rotatable bonds is 6. The van der Waals surface area contributed by atoms with Crippen LogP contribution in [-0.2, 0) is 10.0 Å². The molecule has 1 fully saturated rings. The van der Waals surface area contributed by atoms with Crippen LogP contribution in [0.1, 0.15) is 33.1 Å². The van der Waals surface area contributed by atoms with E-state index in [1.165, 1.54) is 10.6 Å². The molecule has 1 rings (SSSR count). The van der Waals surface area contributed by atoms with Crippen molar-refractivity contribution in [3.05, 3.63) is 0 Å². The summed E-state index contributed by atoms with van der Waals surface area (Å²) in [6.07, 6.45) is 3.43. The monoisotopic (exact) mass is 278 g/mol. The van der Waals surface area contributed by atoms with Crippen LogP contribution in [0.4, 0.5) is 0 Å². The van der Waals surface area contributed by atoms with Gasteiger partial charge < -0.3 is 10.4 Å². The number of aliphatic hydroxyl groups excluding tert-OH is 1. The standard InChI is InChI=1S/C12H26N2O3S/c1-10(2)13-8-12(15)7-11-5-4-6-14(9-11)18(3,16)17/h10-13,15H,4-9H2,1-3H3. The van der Waals surface area contributed by atoms with Crippen molar-refractivity contribution < 1.29 is 13.5 Å². The van der Waals surface area contributed by atoms with E-state index in [9.17, 15) is 13.5 Å². The van der Waals surface area contributed by atoms with Crippen LogP contribution in [0.5, 0.6) is 0 Å². The maximum atomic E-state index is 11.5. The number of aliphatic hydroxyl groups is 1. The summed E-state index contributed by atoms with van der Waals surface area (Å²) in [4.78, 5) is 0. The van der Waals surface area contributed by atoms with Gasteiger partial charge in [0.15, 0.2) is 0 Å². The van der Waals surface area contributed by atoms with E-state index in [2.05, 4.69) is 5.32 Å². The molecule has 1 heterocycles. The van der Waals surface area contributed by atoms with Gasteiger partial charge in [-0.25, -0.2) is 12.7 Å². The number of nitrogens with one attached hydrogen (secondary N) is 1. The number of sulfonamides is 1. The maximum Gasteiger partial charge on any atom is 0.211 e. The molecule has 0 aromatic heterocycles. The molecular weight excluding hydrogens is 252 g/mol. The molecule has 0 saturated carbocycles. The summed E-state index contributed by atoms with van der Waals surface area (Å²) in [6, 6.07) is 0.360. The first-order valence-corrected chi connectivity index (χ1v) is 8.50. The first kappa shape index (κ1) is 15.9. The quantitative estimate of drug-likeness (QED) is 0.738. The Balaban J connectivity index is 2.38. The summed E-state index contributed by atoms with van der Waals surface area (Å²) >= 11 is 0. The molecule has 5 nitrogen and oxygen atoms in total. The summed E-state index contributed by atoms with van der Waals surface area (Å²) in [7, 11) is -3.08. The predicted molar refractivity (Wildman–Crippen MR) is 72.9 cm³/mol. The number of hydrogen-bond donors (Lipinski definition) is 2. The Morgan fingerprint density at radius 1 is 1.44 bits per heavy atom. The van der Waals surface area contributed by atoms with Crippen molar-refractivity contribution in [1.29, 1.82) is 0 Å². The molecule has 2 atom stereocenters. The molecule has 108 valence electrons. The molecule has 0 aromatic rings. The topological polar surface area (TPSA) is 69.6 Å². The van der Waals surface area contributed by atoms with Crippen molar-refractivity contribution >= 4 is 10.0 Å². The molecule has 0 radical (unpaired) electrons.